The lowest BCUT2D eigenvalue weighted by Crippen LogP contribution is -2.09. The van der Waals surface area contributed by atoms with Crippen molar-refractivity contribution in [2.45, 2.75) is 26.7 Å². The maximum absolute atomic E-state index is 9.26. The van der Waals surface area contributed by atoms with Crippen molar-refractivity contribution in [1.82, 2.24) is 0 Å². The molecule has 17 heavy (non-hydrogen) atoms. The minimum absolute atomic E-state index is 0.204. The maximum Gasteiger partial charge on any atom is 0.122 e. The number of aliphatic hydroxyl groups excluding tert-OH is 1. The van der Waals surface area contributed by atoms with Crippen LogP contribution < -0.4 is 9.47 Å². The van der Waals surface area contributed by atoms with E-state index in [1.165, 1.54) is 0 Å². The van der Waals surface area contributed by atoms with Gasteiger partial charge in [-0.05, 0) is 42.5 Å². The van der Waals surface area contributed by atoms with Crippen LogP contribution in [-0.2, 0) is 6.42 Å². The van der Waals surface area contributed by atoms with Crippen LogP contribution in [0.5, 0.6) is 11.5 Å². The number of rotatable bonds is 6. The molecule has 3 heteroatoms. The number of aryl methyl sites for hydroxylation is 1. The molecule has 0 aromatic heterocycles. The molecule has 96 valence electrons. The number of hydrogen-bond acceptors (Lipinski definition) is 3. The molecule has 0 bridgehead atoms. The Labute approximate surface area is 103 Å². The molecule has 0 fully saturated rings. The first-order valence-corrected chi connectivity index (χ1v) is 5.98. The molecule has 0 saturated carbocycles. The molecule has 0 aliphatic carbocycles. The summed E-state index contributed by atoms with van der Waals surface area (Å²) in [7, 11) is 3.34. The average Bonchev–Trinajstić information content (AvgIpc) is 2.36. The molecule has 1 rings (SSSR count). The van der Waals surface area contributed by atoms with E-state index in [-0.39, 0.29) is 12.5 Å². The molecule has 0 amide bonds. The second kappa shape index (κ2) is 6.50. The first-order valence-electron chi connectivity index (χ1n) is 5.98. The summed E-state index contributed by atoms with van der Waals surface area (Å²) in [5.74, 6) is 2.01. The van der Waals surface area contributed by atoms with E-state index in [1.807, 2.05) is 19.1 Å². The summed E-state index contributed by atoms with van der Waals surface area (Å²) < 4.78 is 10.7. The van der Waals surface area contributed by atoms with Gasteiger partial charge >= 0.3 is 0 Å². The Balaban J connectivity index is 3.03. The molecule has 0 aliphatic heterocycles. The number of methoxy groups -OCH3 is 2. The van der Waals surface area contributed by atoms with E-state index in [0.717, 1.165) is 35.5 Å². The van der Waals surface area contributed by atoms with Gasteiger partial charge in [-0.1, -0.05) is 13.3 Å². The number of ether oxygens (including phenoxy) is 2. The monoisotopic (exact) mass is 238 g/mol. The minimum Gasteiger partial charge on any atom is -0.496 e. The fourth-order valence-corrected chi connectivity index (χ4v) is 1.92. The summed E-state index contributed by atoms with van der Waals surface area (Å²) in [5, 5.41) is 9.26. The molecular formula is C14H22O3. The zero-order chi connectivity index (χ0) is 12.8. The summed E-state index contributed by atoms with van der Waals surface area (Å²) in [6, 6.07) is 3.99. The minimum atomic E-state index is 0.204. The van der Waals surface area contributed by atoms with Gasteiger partial charge in [0.05, 0.1) is 14.2 Å². The fourth-order valence-electron chi connectivity index (χ4n) is 1.92. The molecule has 3 nitrogen and oxygen atoms in total. The highest BCUT2D eigenvalue weighted by Crippen LogP contribution is 2.30. The lowest BCUT2D eigenvalue weighted by Gasteiger charge is -2.16. The fraction of sp³-hybridized carbons (Fsp3) is 0.571. The summed E-state index contributed by atoms with van der Waals surface area (Å²) in [6.07, 6.45) is 1.77. The van der Waals surface area contributed by atoms with Crippen molar-refractivity contribution in [2.24, 2.45) is 5.92 Å². The molecule has 1 atom stereocenters. The van der Waals surface area contributed by atoms with Crippen molar-refractivity contribution < 1.29 is 14.6 Å². The highest BCUT2D eigenvalue weighted by Gasteiger charge is 2.13. The van der Waals surface area contributed by atoms with Gasteiger partial charge in [0.15, 0.2) is 0 Å². The third-order valence-electron chi connectivity index (χ3n) is 3.14. The summed E-state index contributed by atoms with van der Waals surface area (Å²) in [5.41, 5.74) is 2.15. The summed E-state index contributed by atoms with van der Waals surface area (Å²) >= 11 is 0. The van der Waals surface area contributed by atoms with Crippen LogP contribution in [-0.4, -0.2) is 25.9 Å². The van der Waals surface area contributed by atoms with Crippen LogP contribution in [0.1, 0.15) is 24.5 Å². The third kappa shape index (κ3) is 3.37. The highest BCUT2D eigenvalue weighted by molar-refractivity contribution is 5.46. The lowest BCUT2D eigenvalue weighted by atomic mass is 9.96. The molecule has 1 aromatic carbocycles. The van der Waals surface area contributed by atoms with Gasteiger partial charge in [-0.3, -0.25) is 0 Å². The van der Waals surface area contributed by atoms with Crippen molar-refractivity contribution in [3.8, 4) is 11.5 Å². The van der Waals surface area contributed by atoms with Gasteiger partial charge in [-0.2, -0.15) is 0 Å². The first kappa shape index (κ1) is 13.8. The van der Waals surface area contributed by atoms with E-state index < -0.39 is 0 Å². The molecule has 0 spiro atoms. The van der Waals surface area contributed by atoms with E-state index in [9.17, 15) is 5.11 Å². The predicted molar refractivity (Wildman–Crippen MR) is 68.9 cm³/mol. The lowest BCUT2D eigenvalue weighted by molar-refractivity contribution is 0.221. The van der Waals surface area contributed by atoms with E-state index in [2.05, 4.69) is 6.92 Å². The van der Waals surface area contributed by atoms with E-state index >= 15 is 0 Å². The highest BCUT2D eigenvalue weighted by atomic mass is 16.5. The molecule has 0 heterocycles. The van der Waals surface area contributed by atoms with E-state index in [4.69, 9.17) is 9.47 Å². The summed E-state index contributed by atoms with van der Waals surface area (Å²) in [6.45, 7) is 4.28. The van der Waals surface area contributed by atoms with Gasteiger partial charge in [0, 0.05) is 6.61 Å². The van der Waals surface area contributed by atoms with Crippen molar-refractivity contribution in [1.29, 1.82) is 0 Å². The van der Waals surface area contributed by atoms with Gasteiger partial charge in [0.25, 0.3) is 0 Å². The second-order valence-corrected chi connectivity index (χ2v) is 4.29. The normalized spacial score (nSPS) is 12.3. The zero-order valence-corrected chi connectivity index (χ0v) is 11.1. The largest absolute Gasteiger partial charge is 0.496 e. The zero-order valence-electron chi connectivity index (χ0n) is 11.1. The van der Waals surface area contributed by atoms with Gasteiger partial charge in [-0.25, -0.2) is 0 Å². The molecule has 0 aliphatic rings. The smallest absolute Gasteiger partial charge is 0.122 e. The van der Waals surface area contributed by atoms with Crippen LogP contribution in [0, 0.1) is 12.8 Å². The number of hydrogen-bond donors (Lipinski definition) is 1. The van der Waals surface area contributed by atoms with Gasteiger partial charge in [0.1, 0.15) is 11.5 Å². The van der Waals surface area contributed by atoms with E-state index in [1.54, 1.807) is 14.2 Å². The van der Waals surface area contributed by atoms with Crippen LogP contribution in [0.3, 0.4) is 0 Å². The van der Waals surface area contributed by atoms with Crippen LogP contribution in [0.25, 0.3) is 0 Å². The Kier molecular flexibility index (Phi) is 5.29. The topological polar surface area (TPSA) is 38.7 Å². The van der Waals surface area contributed by atoms with Crippen molar-refractivity contribution >= 4 is 0 Å². The Morgan fingerprint density at radius 3 is 2.29 bits per heavy atom. The van der Waals surface area contributed by atoms with Gasteiger partial charge in [0.2, 0.25) is 0 Å². The van der Waals surface area contributed by atoms with Crippen LogP contribution in [0.15, 0.2) is 12.1 Å². The molecule has 0 radical (unpaired) electrons. The molecule has 1 N–H and O–H groups in total. The number of benzene rings is 1. The SMILES string of the molecule is CCC(CO)Cc1cc(OC)c(C)cc1OC. The molecule has 1 unspecified atom stereocenters. The van der Waals surface area contributed by atoms with Crippen molar-refractivity contribution in [3.05, 3.63) is 23.3 Å². The van der Waals surface area contributed by atoms with Crippen LogP contribution in [0.4, 0.5) is 0 Å². The predicted octanol–water partition coefficient (Wildman–Crippen LogP) is 2.57. The van der Waals surface area contributed by atoms with Crippen LogP contribution >= 0.6 is 0 Å². The quantitative estimate of drug-likeness (QED) is 0.828. The Bertz CT molecular complexity index is 357. The second-order valence-electron chi connectivity index (χ2n) is 4.29. The Morgan fingerprint density at radius 1 is 1.18 bits per heavy atom. The molecular weight excluding hydrogens is 216 g/mol. The first-order chi connectivity index (χ1) is 8.15. The number of aliphatic hydroxyl groups is 1. The van der Waals surface area contributed by atoms with Gasteiger partial charge < -0.3 is 14.6 Å². The van der Waals surface area contributed by atoms with Gasteiger partial charge in [-0.15, -0.1) is 0 Å². The molecule has 1 aromatic rings. The Morgan fingerprint density at radius 2 is 1.82 bits per heavy atom. The molecule has 0 saturated heterocycles. The maximum atomic E-state index is 9.26. The van der Waals surface area contributed by atoms with Crippen LogP contribution in [0.2, 0.25) is 0 Å². The Hall–Kier alpha value is -1.22. The van der Waals surface area contributed by atoms with Crippen molar-refractivity contribution in [2.75, 3.05) is 20.8 Å². The average molecular weight is 238 g/mol. The van der Waals surface area contributed by atoms with Crippen molar-refractivity contribution in [3.63, 3.8) is 0 Å². The summed E-state index contributed by atoms with van der Waals surface area (Å²) in [4.78, 5) is 0. The third-order valence-corrected chi connectivity index (χ3v) is 3.14. The van der Waals surface area contributed by atoms with E-state index in [0.29, 0.717) is 0 Å². The standard InChI is InChI=1S/C14H22O3/c1-5-11(9-15)7-12-8-13(16-3)10(2)6-14(12)17-4/h6,8,11,15H,5,7,9H2,1-4H3.